The SMILES string of the molecule is C=C1NC(c2cc(F)c(F)c(F)c2)=CCC1I. The minimum Gasteiger partial charge on any atom is -0.358 e. The van der Waals surface area contributed by atoms with Crippen LogP contribution >= 0.6 is 22.6 Å². The number of allylic oxidation sites excluding steroid dienone is 2. The topological polar surface area (TPSA) is 12.0 Å². The van der Waals surface area contributed by atoms with Crippen LogP contribution in [0.3, 0.4) is 0 Å². The lowest BCUT2D eigenvalue weighted by atomic mass is 10.1. The summed E-state index contributed by atoms with van der Waals surface area (Å²) in [6.07, 6.45) is 2.54. The summed E-state index contributed by atoms with van der Waals surface area (Å²) < 4.78 is 39.2. The van der Waals surface area contributed by atoms with Crippen LogP contribution in [0.2, 0.25) is 0 Å². The van der Waals surface area contributed by atoms with E-state index < -0.39 is 17.5 Å². The van der Waals surface area contributed by atoms with Gasteiger partial charge in [0.1, 0.15) is 0 Å². The van der Waals surface area contributed by atoms with Gasteiger partial charge in [-0.25, -0.2) is 13.2 Å². The fraction of sp³-hybridized carbons (Fsp3) is 0.167. The molecule has 0 aliphatic carbocycles. The molecule has 1 N–H and O–H groups in total. The summed E-state index contributed by atoms with van der Waals surface area (Å²) in [6, 6.07) is 1.94. The zero-order valence-electron chi connectivity index (χ0n) is 8.74. The zero-order valence-corrected chi connectivity index (χ0v) is 10.9. The molecule has 2 rings (SSSR count). The van der Waals surface area contributed by atoms with Gasteiger partial charge in [0.2, 0.25) is 0 Å². The van der Waals surface area contributed by atoms with Crippen molar-refractivity contribution in [1.29, 1.82) is 0 Å². The second-order valence-corrected chi connectivity index (χ2v) is 5.23. The molecular formula is C12H9F3IN. The third kappa shape index (κ3) is 2.48. The highest BCUT2D eigenvalue weighted by Gasteiger charge is 2.18. The number of nitrogens with one attached hydrogen (secondary N) is 1. The summed E-state index contributed by atoms with van der Waals surface area (Å²) >= 11 is 2.22. The van der Waals surface area contributed by atoms with Gasteiger partial charge in [0, 0.05) is 17.0 Å². The minimum atomic E-state index is -1.45. The fourth-order valence-electron chi connectivity index (χ4n) is 1.57. The van der Waals surface area contributed by atoms with Gasteiger partial charge in [0.05, 0.1) is 3.92 Å². The van der Waals surface area contributed by atoms with Gasteiger partial charge in [0.25, 0.3) is 0 Å². The van der Waals surface area contributed by atoms with Crippen LogP contribution in [0.25, 0.3) is 5.70 Å². The van der Waals surface area contributed by atoms with Crippen LogP contribution in [0.4, 0.5) is 13.2 Å². The van der Waals surface area contributed by atoms with E-state index in [2.05, 4.69) is 34.5 Å². The Morgan fingerprint density at radius 3 is 2.35 bits per heavy atom. The molecule has 0 fully saturated rings. The summed E-state index contributed by atoms with van der Waals surface area (Å²) in [5.74, 6) is -3.83. The zero-order chi connectivity index (χ0) is 12.6. The third-order valence-electron chi connectivity index (χ3n) is 2.50. The Morgan fingerprint density at radius 1 is 1.24 bits per heavy atom. The van der Waals surface area contributed by atoms with Crippen molar-refractivity contribution in [1.82, 2.24) is 5.32 Å². The van der Waals surface area contributed by atoms with Gasteiger partial charge in [-0.2, -0.15) is 0 Å². The molecule has 1 atom stereocenters. The normalized spacial score (nSPS) is 19.9. The van der Waals surface area contributed by atoms with Gasteiger partial charge in [-0.1, -0.05) is 35.2 Å². The Hall–Kier alpha value is -0.980. The smallest absolute Gasteiger partial charge is 0.194 e. The number of hydrogen-bond acceptors (Lipinski definition) is 1. The highest BCUT2D eigenvalue weighted by molar-refractivity contribution is 14.1. The number of hydrogen-bond donors (Lipinski definition) is 1. The molecule has 1 nitrogen and oxygen atoms in total. The van der Waals surface area contributed by atoms with Crippen LogP contribution in [0.5, 0.6) is 0 Å². The highest BCUT2D eigenvalue weighted by Crippen LogP contribution is 2.26. The van der Waals surface area contributed by atoms with Crippen molar-refractivity contribution in [2.45, 2.75) is 10.3 Å². The molecule has 0 radical (unpaired) electrons. The third-order valence-corrected chi connectivity index (χ3v) is 3.76. The van der Waals surface area contributed by atoms with Gasteiger partial charge >= 0.3 is 0 Å². The second kappa shape index (κ2) is 4.72. The van der Waals surface area contributed by atoms with Gasteiger partial charge in [0.15, 0.2) is 17.5 Å². The van der Waals surface area contributed by atoms with Crippen LogP contribution in [0, 0.1) is 17.5 Å². The van der Waals surface area contributed by atoms with E-state index in [1.165, 1.54) is 0 Å². The van der Waals surface area contributed by atoms with E-state index in [-0.39, 0.29) is 9.49 Å². The number of halogens is 4. The molecular weight excluding hydrogens is 342 g/mol. The Kier molecular flexibility index (Phi) is 3.46. The van der Waals surface area contributed by atoms with Crippen molar-refractivity contribution in [3.8, 4) is 0 Å². The number of benzene rings is 1. The summed E-state index contributed by atoms with van der Waals surface area (Å²) in [5, 5.41) is 2.96. The van der Waals surface area contributed by atoms with E-state index in [0.29, 0.717) is 5.70 Å². The average Bonchev–Trinajstić information content (AvgIpc) is 2.29. The van der Waals surface area contributed by atoms with Crippen LogP contribution in [-0.2, 0) is 0 Å². The Bertz CT molecular complexity index is 487. The highest BCUT2D eigenvalue weighted by atomic mass is 127. The number of rotatable bonds is 1. The largest absolute Gasteiger partial charge is 0.358 e. The summed E-state index contributed by atoms with van der Waals surface area (Å²) in [5.41, 5.74) is 1.61. The number of alkyl halides is 1. The monoisotopic (exact) mass is 351 g/mol. The maximum atomic E-state index is 13.1. The molecule has 1 aromatic carbocycles. The maximum absolute atomic E-state index is 13.1. The van der Waals surface area contributed by atoms with Crippen molar-refractivity contribution in [2.75, 3.05) is 0 Å². The summed E-state index contributed by atoms with van der Waals surface area (Å²) in [7, 11) is 0. The lowest BCUT2D eigenvalue weighted by Crippen LogP contribution is -2.22. The van der Waals surface area contributed by atoms with Crippen molar-refractivity contribution in [3.63, 3.8) is 0 Å². The van der Waals surface area contributed by atoms with Crippen molar-refractivity contribution >= 4 is 28.3 Å². The lowest BCUT2D eigenvalue weighted by Gasteiger charge is -2.22. The summed E-state index contributed by atoms with van der Waals surface area (Å²) in [6.45, 7) is 3.81. The van der Waals surface area contributed by atoms with Crippen LogP contribution in [0.15, 0.2) is 30.5 Å². The van der Waals surface area contributed by atoms with E-state index in [1.807, 2.05) is 6.08 Å². The van der Waals surface area contributed by atoms with E-state index in [4.69, 9.17) is 0 Å². The van der Waals surface area contributed by atoms with Crippen LogP contribution < -0.4 is 5.32 Å². The van der Waals surface area contributed by atoms with Crippen LogP contribution in [-0.4, -0.2) is 3.92 Å². The van der Waals surface area contributed by atoms with Crippen LogP contribution in [0.1, 0.15) is 12.0 Å². The van der Waals surface area contributed by atoms with E-state index in [1.54, 1.807) is 0 Å². The maximum Gasteiger partial charge on any atom is 0.194 e. The first kappa shape index (κ1) is 12.5. The second-order valence-electron chi connectivity index (χ2n) is 3.73. The Labute approximate surface area is 111 Å². The molecule has 0 saturated carbocycles. The van der Waals surface area contributed by atoms with Gasteiger partial charge in [-0.05, 0) is 18.6 Å². The molecule has 1 unspecified atom stereocenters. The Morgan fingerprint density at radius 2 is 1.82 bits per heavy atom. The molecule has 90 valence electrons. The van der Waals surface area contributed by atoms with E-state index >= 15 is 0 Å². The molecule has 0 spiro atoms. The van der Waals surface area contributed by atoms with Crippen molar-refractivity contribution in [3.05, 3.63) is 53.5 Å². The molecule has 1 aliphatic rings. The molecule has 0 aromatic heterocycles. The molecule has 1 aliphatic heterocycles. The predicted molar refractivity (Wildman–Crippen MR) is 69.0 cm³/mol. The minimum absolute atomic E-state index is 0.242. The summed E-state index contributed by atoms with van der Waals surface area (Å²) in [4.78, 5) is 0. The van der Waals surface area contributed by atoms with Gasteiger partial charge in [-0.15, -0.1) is 0 Å². The first-order valence-electron chi connectivity index (χ1n) is 4.94. The molecule has 5 heteroatoms. The quantitative estimate of drug-likeness (QED) is 0.462. The molecule has 1 aromatic rings. The molecule has 1 heterocycles. The average molecular weight is 351 g/mol. The Balaban J connectivity index is 2.39. The van der Waals surface area contributed by atoms with E-state index in [0.717, 1.165) is 24.3 Å². The van der Waals surface area contributed by atoms with E-state index in [9.17, 15) is 13.2 Å². The molecule has 17 heavy (non-hydrogen) atoms. The van der Waals surface area contributed by atoms with Gasteiger partial charge in [-0.3, -0.25) is 0 Å². The molecule has 0 bridgehead atoms. The fourth-order valence-corrected chi connectivity index (χ4v) is 1.98. The lowest BCUT2D eigenvalue weighted by molar-refractivity contribution is 0.446. The van der Waals surface area contributed by atoms with Crippen molar-refractivity contribution < 1.29 is 13.2 Å². The molecule has 0 saturated heterocycles. The predicted octanol–water partition coefficient (Wildman–Crippen LogP) is 3.76. The molecule has 0 amide bonds. The first-order valence-corrected chi connectivity index (χ1v) is 6.18. The van der Waals surface area contributed by atoms with Gasteiger partial charge < -0.3 is 5.32 Å². The first-order chi connectivity index (χ1) is 7.99. The van der Waals surface area contributed by atoms with Crippen molar-refractivity contribution in [2.24, 2.45) is 0 Å². The standard InChI is InChI=1S/C12H9F3IN/c1-6-10(16)2-3-11(17-6)7-4-8(13)12(15)9(14)5-7/h3-5,10,17H,1-2H2.